The molecule has 0 saturated heterocycles. The maximum Gasteiger partial charge on any atom is 0.264 e. The number of carbonyl (C=O) groups excluding carboxylic acids is 2. The minimum atomic E-state index is -4.15. The molecular weight excluding hydrogens is 554 g/mol. The van der Waals surface area contributed by atoms with Crippen LogP contribution in [0.4, 0.5) is 5.69 Å². The third-order valence-electron chi connectivity index (χ3n) is 7.55. The predicted octanol–water partition coefficient (Wildman–Crippen LogP) is 4.77. The van der Waals surface area contributed by atoms with Crippen LogP contribution in [0.25, 0.3) is 0 Å². The number of benzene rings is 3. The fraction of sp³-hybridized carbons (Fsp3) is 0.375. The number of nitrogens with zero attached hydrogens (tertiary/aromatic N) is 2. The van der Waals surface area contributed by atoms with Crippen LogP contribution in [0.1, 0.15) is 44.6 Å². The summed E-state index contributed by atoms with van der Waals surface area (Å²) in [6.45, 7) is 1.47. The second kappa shape index (κ2) is 14.2. The van der Waals surface area contributed by atoms with Gasteiger partial charge < -0.3 is 19.7 Å². The number of methoxy groups -OCH3 is 2. The highest BCUT2D eigenvalue weighted by Crippen LogP contribution is 2.28. The summed E-state index contributed by atoms with van der Waals surface area (Å²) < 4.78 is 39.6. The van der Waals surface area contributed by atoms with Gasteiger partial charge in [-0.1, -0.05) is 56.2 Å². The van der Waals surface area contributed by atoms with Crippen LogP contribution in [-0.4, -0.2) is 58.0 Å². The lowest BCUT2D eigenvalue weighted by atomic mass is 10.1. The smallest absolute Gasteiger partial charge is 0.264 e. The van der Waals surface area contributed by atoms with Gasteiger partial charge in [-0.15, -0.1) is 0 Å². The van der Waals surface area contributed by atoms with Crippen LogP contribution in [0.5, 0.6) is 11.5 Å². The maximum atomic E-state index is 14.2. The highest BCUT2D eigenvalue weighted by Gasteiger charge is 2.34. The average molecular weight is 594 g/mol. The largest absolute Gasteiger partial charge is 0.497 e. The Morgan fingerprint density at radius 2 is 1.57 bits per heavy atom. The molecule has 10 heteroatoms. The Hall–Kier alpha value is -4.05. The molecule has 1 aliphatic carbocycles. The van der Waals surface area contributed by atoms with Crippen molar-refractivity contribution in [3.8, 4) is 11.5 Å². The molecule has 0 bridgehead atoms. The molecule has 0 unspecified atom stereocenters. The fourth-order valence-corrected chi connectivity index (χ4v) is 6.66. The molecule has 1 fully saturated rings. The minimum Gasteiger partial charge on any atom is -0.497 e. The monoisotopic (exact) mass is 593 g/mol. The van der Waals surface area contributed by atoms with Gasteiger partial charge in [-0.2, -0.15) is 0 Å². The van der Waals surface area contributed by atoms with E-state index < -0.39 is 28.5 Å². The third kappa shape index (κ3) is 7.42. The van der Waals surface area contributed by atoms with Crippen molar-refractivity contribution in [3.05, 3.63) is 84.4 Å². The molecule has 42 heavy (non-hydrogen) atoms. The van der Waals surface area contributed by atoms with Crippen molar-refractivity contribution in [3.63, 3.8) is 0 Å². The number of ether oxygens (including phenoxy) is 2. The topological polar surface area (TPSA) is 105 Å². The summed E-state index contributed by atoms with van der Waals surface area (Å²) in [7, 11) is -1.08. The highest BCUT2D eigenvalue weighted by atomic mass is 32.2. The number of hydrogen-bond donors (Lipinski definition) is 1. The molecule has 1 aliphatic rings. The van der Waals surface area contributed by atoms with Crippen LogP contribution >= 0.6 is 0 Å². The normalized spacial score (nSPS) is 14.2. The Labute approximate surface area is 248 Å². The molecule has 1 N–H and O–H groups in total. The van der Waals surface area contributed by atoms with Crippen molar-refractivity contribution in [2.45, 2.75) is 62.6 Å². The van der Waals surface area contributed by atoms with E-state index in [4.69, 9.17) is 9.47 Å². The lowest BCUT2D eigenvalue weighted by Gasteiger charge is -2.34. The number of hydrogen-bond acceptors (Lipinski definition) is 6. The molecule has 1 atom stereocenters. The molecule has 224 valence electrons. The lowest BCUT2D eigenvalue weighted by Crippen LogP contribution is -2.53. The quantitative estimate of drug-likeness (QED) is 0.306. The molecule has 0 aromatic heterocycles. The molecule has 3 aromatic rings. The molecule has 3 aromatic carbocycles. The average Bonchev–Trinajstić information content (AvgIpc) is 3.53. The van der Waals surface area contributed by atoms with Gasteiger partial charge in [0.05, 0.1) is 24.8 Å². The van der Waals surface area contributed by atoms with Crippen LogP contribution in [0.2, 0.25) is 0 Å². The summed E-state index contributed by atoms with van der Waals surface area (Å²) in [5.41, 5.74) is 1.06. The van der Waals surface area contributed by atoms with E-state index >= 15 is 0 Å². The summed E-state index contributed by atoms with van der Waals surface area (Å²) in [5.74, 6) is 0.387. The van der Waals surface area contributed by atoms with Crippen molar-refractivity contribution in [1.82, 2.24) is 10.2 Å². The summed E-state index contributed by atoms with van der Waals surface area (Å²) >= 11 is 0. The van der Waals surface area contributed by atoms with E-state index in [1.165, 1.54) is 24.1 Å². The molecular formula is C32H39N3O6S. The number of sulfonamides is 1. The van der Waals surface area contributed by atoms with Crippen LogP contribution in [-0.2, 0) is 26.2 Å². The van der Waals surface area contributed by atoms with Gasteiger partial charge >= 0.3 is 0 Å². The molecule has 0 spiro atoms. The van der Waals surface area contributed by atoms with Gasteiger partial charge in [-0.3, -0.25) is 13.9 Å². The van der Waals surface area contributed by atoms with Crippen molar-refractivity contribution in [2.75, 3.05) is 25.1 Å². The molecule has 0 radical (unpaired) electrons. The van der Waals surface area contributed by atoms with E-state index in [2.05, 4.69) is 5.32 Å². The van der Waals surface area contributed by atoms with Crippen LogP contribution in [0.15, 0.2) is 83.8 Å². The van der Waals surface area contributed by atoms with Crippen molar-refractivity contribution < 1.29 is 27.5 Å². The first-order chi connectivity index (χ1) is 20.3. The number of amides is 2. The Morgan fingerprint density at radius 1 is 0.905 bits per heavy atom. The third-order valence-corrected chi connectivity index (χ3v) is 9.34. The predicted molar refractivity (Wildman–Crippen MR) is 162 cm³/mol. The van der Waals surface area contributed by atoms with Crippen LogP contribution in [0.3, 0.4) is 0 Å². The molecule has 2 amide bonds. The fourth-order valence-electron chi connectivity index (χ4n) is 5.23. The summed E-state index contributed by atoms with van der Waals surface area (Å²) in [4.78, 5) is 29.3. The van der Waals surface area contributed by atoms with Gasteiger partial charge in [-0.05, 0) is 61.2 Å². The standard InChI is InChI=1S/C32H39N3O6S/c1-4-30(32(37)33-25-11-8-9-12-25)34(22-24-17-19-27(40-2)20-18-24)31(36)23-35(26-13-10-14-28(21-26)41-3)42(38,39)29-15-6-5-7-16-29/h5-7,10,13-21,25,30H,4,8-9,11-12,22-23H2,1-3H3,(H,33,37)/t30-/m1/s1. The first kappa shape index (κ1) is 30.9. The van der Waals surface area contributed by atoms with Gasteiger partial charge in [0.25, 0.3) is 10.0 Å². The van der Waals surface area contributed by atoms with Crippen LogP contribution < -0.4 is 19.1 Å². The summed E-state index contributed by atoms with van der Waals surface area (Å²) in [6.07, 6.45) is 4.30. The zero-order valence-corrected chi connectivity index (χ0v) is 25.2. The first-order valence-electron chi connectivity index (χ1n) is 14.2. The number of rotatable bonds is 13. The lowest BCUT2D eigenvalue weighted by molar-refractivity contribution is -0.140. The van der Waals surface area contributed by atoms with Gasteiger partial charge in [0, 0.05) is 18.7 Å². The van der Waals surface area contributed by atoms with Crippen molar-refractivity contribution in [1.29, 1.82) is 0 Å². The van der Waals surface area contributed by atoms with E-state index in [1.807, 2.05) is 19.1 Å². The maximum absolute atomic E-state index is 14.2. The summed E-state index contributed by atoms with van der Waals surface area (Å²) in [6, 6.07) is 21.1. The van der Waals surface area contributed by atoms with Crippen molar-refractivity contribution >= 4 is 27.5 Å². The highest BCUT2D eigenvalue weighted by molar-refractivity contribution is 7.92. The van der Waals surface area contributed by atoms with Gasteiger partial charge in [0.15, 0.2) is 0 Å². The summed E-state index contributed by atoms with van der Waals surface area (Å²) in [5, 5.41) is 3.12. The Balaban J connectivity index is 1.71. The Kier molecular flexibility index (Phi) is 10.5. The van der Waals surface area contributed by atoms with Gasteiger partial charge in [0.2, 0.25) is 11.8 Å². The zero-order valence-electron chi connectivity index (χ0n) is 24.4. The van der Waals surface area contributed by atoms with Gasteiger partial charge in [0.1, 0.15) is 24.1 Å². The second-order valence-corrected chi connectivity index (χ2v) is 12.2. The van der Waals surface area contributed by atoms with Gasteiger partial charge in [-0.25, -0.2) is 8.42 Å². The Morgan fingerprint density at radius 3 is 2.19 bits per heavy atom. The molecule has 9 nitrogen and oxygen atoms in total. The SMILES string of the molecule is CC[C@H](C(=O)NC1CCCC1)N(Cc1ccc(OC)cc1)C(=O)CN(c1cccc(OC)c1)S(=O)(=O)c1ccccc1. The first-order valence-corrected chi connectivity index (χ1v) is 15.7. The zero-order chi connectivity index (χ0) is 30.1. The van der Waals surface area contributed by atoms with E-state index in [0.29, 0.717) is 17.9 Å². The molecule has 1 saturated carbocycles. The number of nitrogens with one attached hydrogen (secondary N) is 1. The number of carbonyl (C=O) groups is 2. The van der Waals surface area contributed by atoms with Crippen molar-refractivity contribution in [2.24, 2.45) is 0 Å². The second-order valence-electron chi connectivity index (χ2n) is 10.3. The molecule has 0 heterocycles. The molecule has 0 aliphatic heterocycles. The number of anilines is 1. The van der Waals surface area contributed by atoms with Crippen LogP contribution in [0, 0.1) is 0 Å². The van der Waals surface area contributed by atoms with E-state index in [0.717, 1.165) is 35.6 Å². The Bertz CT molecular complexity index is 1440. The van der Waals surface area contributed by atoms with E-state index in [1.54, 1.807) is 61.7 Å². The molecule has 4 rings (SSSR count). The van der Waals surface area contributed by atoms with E-state index in [-0.39, 0.29) is 29.1 Å². The van der Waals surface area contributed by atoms with E-state index in [9.17, 15) is 18.0 Å². The minimum absolute atomic E-state index is 0.0494.